The number of non-ortho nitro benzene ring substituents is 1. The van der Waals surface area contributed by atoms with Gasteiger partial charge in [0, 0.05) is 24.6 Å². The van der Waals surface area contributed by atoms with Crippen molar-refractivity contribution in [2.24, 2.45) is 0 Å². The average molecular weight is 506 g/mol. The van der Waals surface area contributed by atoms with Gasteiger partial charge in [0.2, 0.25) is 5.91 Å². The van der Waals surface area contributed by atoms with Crippen molar-refractivity contribution in [1.82, 2.24) is 0 Å². The first-order chi connectivity index (χ1) is 16.8. The van der Waals surface area contributed by atoms with Crippen LogP contribution in [0.15, 0.2) is 47.4 Å². The van der Waals surface area contributed by atoms with Crippen molar-refractivity contribution < 1.29 is 22.9 Å². The maximum atomic E-state index is 12.6. The molecule has 192 valence electrons. The molecule has 1 amide bonds. The fraction of sp³-hybridized carbons (Fsp3) is 0.480. The van der Waals surface area contributed by atoms with Crippen LogP contribution in [-0.4, -0.2) is 26.4 Å². The van der Waals surface area contributed by atoms with E-state index >= 15 is 0 Å². The number of methoxy groups -OCH3 is 1. The van der Waals surface area contributed by atoms with Crippen LogP contribution >= 0.6 is 0 Å². The van der Waals surface area contributed by atoms with Gasteiger partial charge in [-0.3, -0.25) is 19.6 Å². The number of nitrogens with zero attached hydrogens (tertiary/aromatic N) is 1. The lowest BCUT2D eigenvalue weighted by molar-refractivity contribution is -0.384. The van der Waals surface area contributed by atoms with E-state index in [2.05, 4.69) is 17.0 Å². The Bertz CT molecular complexity index is 1070. The van der Waals surface area contributed by atoms with Crippen LogP contribution in [0.3, 0.4) is 0 Å². The van der Waals surface area contributed by atoms with Crippen molar-refractivity contribution in [3.63, 3.8) is 0 Å². The number of amides is 1. The molecule has 0 heterocycles. The number of ether oxygens (including phenoxy) is 1. The van der Waals surface area contributed by atoms with Gasteiger partial charge in [-0.2, -0.15) is 0 Å². The zero-order chi connectivity index (χ0) is 25.7. The standard InChI is InChI=1S/C25H35N3O6S/c1-3-4-5-6-7-8-9-10-11-12-25(29)26-23-18-13-20(19-24(23)34-2)27-35(32,33)22-16-14-21(15-17-22)28(30)31/h13-19,27H,3-12H2,1-2H3,(H,26,29). The molecular formula is C25H35N3O6S. The van der Waals surface area contributed by atoms with Gasteiger partial charge in [0.05, 0.1) is 28.3 Å². The molecule has 0 aliphatic heterocycles. The highest BCUT2D eigenvalue weighted by Gasteiger charge is 2.17. The summed E-state index contributed by atoms with van der Waals surface area (Å²) in [6, 6.07) is 9.14. The Balaban J connectivity index is 1.86. The first-order valence-corrected chi connectivity index (χ1v) is 13.5. The van der Waals surface area contributed by atoms with E-state index < -0.39 is 14.9 Å². The van der Waals surface area contributed by atoms with Crippen molar-refractivity contribution in [3.05, 3.63) is 52.6 Å². The molecule has 0 unspecified atom stereocenters. The number of hydrogen-bond donors (Lipinski definition) is 2. The van der Waals surface area contributed by atoms with Gasteiger partial charge in [-0.25, -0.2) is 8.42 Å². The molecule has 0 spiro atoms. The number of nitro groups is 1. The molecule has 0 radical (unpaired) electrons. The van der Waals surface area contributed by atoms with Gasteiger partial charge >= 0.3 is 0 Å². The first kappa shape index (κ1) is 28.1. The predicted molar refractivity (Wildman–Crippen MR) is 137 cm³/mol. The lowest BCUT2D eigenvalue weighted by Gasteiger charge is -2.13. The second-order valence-corrected chi connectivity index (χ2v) is 10.1. The maximum Gasteiger partial charge on any atom is 0.269 e. The summed E-state index contributed by atoms with van der Waals surface area (Å²) in [7, 11) is -2.53. The number of rotatable bonds is 16. The SMILES string of the molecule is CCCCCCCCCCCC(=O)Nc1ccc(NS(=O)(=O)c2ccc([N+](=O)[O-])cc2)cc1OC. The van der Waals surface area contributed by atoms with E-state index in [4.69, 9.17) is 4.74 Å². The number of hydrogen-bond acceptors (Lipinski definition) is 6. The number of nitro benzene ring substituents is 1. The summed E-state index contributed by atoms with van der Waals surface area (Å²) in [6.07, 6.45) is 11.0. The Kier molecular flexibility index (Phi) is 11.5. The predicted octanol–water partition coefficient (Wildman–Crippen LogP) is 6.26. The van der Waals surface area contributed by atoms with E-state index in [0.717, 1.165) is 31.4 Å². The molecular weight excluding hydrogens is 470 g/mol. The molecule has 2 rings (SSSR count). The van der Waals surface area contributed by atoms with Crippen LogP contribution in [0.25, 0.3) is 0 Å². The third kappa shape index (κ3) is 9.56. The minimum Gasteiger partial charge on any atom is -0.494 e. The second kappa shape index (κ2) is 14.3. The van der Waals surface area contributed by atoms with Crippen LogP contribution in [0, 0.1) is 10.1 Å². The molecule has 0 saturated carbocycles. The summed E-state index contributed by atoms with van der Waals surface area (Å²) >= 11 is 0. The highest BCUT2D eigenvalue weighted by molar-refractivity contribution is 7.92. The summed E-state index contributed by atoms with van der Waals surface area (Å²) in [5.41, 5.74) is 0.483. The molecule has 9 nitrogen and oxygen atoms in total. The third-order valence-electron chi connectivity index (χ3n) is 5.59. The van der Waals surface area contributed by atoms with Crippen molar-refractivity contribution in [1.29, 1.82) is 0 Å². The fourth-order valence-corrected chi connectivity index (χ4v) is 4.68. The van der Waals surface area contributed by atoms with Gasteiger partial charge in [0.1, 0.15) is 5.75 Å². The molecule has 0 aromatic heterocycles. The molecule has 2 aromatic rings. The number of unbranched alkanes of at least 4 members (excludes halogenated alkanes) is 8. The third-order valence-corrected chi connectivity index (χ3v) is 6.99. The Hall–Kier alpha value is -3.14. The number of nitrogens with one attached hydrogen (secondary N) is 2. The van der Waals surface area contributed by atoms with E-state index in [1.807, 2.05) is 0 Å². The van der Waals surface area contributed by atoms with E-state index in [1.54, 1.807) is 6.07 Å². The molecule has 0 aliphatic rings. The molecule has 2 aromatic carbocycles. The molecule has 0 atom stereocenters. The van der Waals surface area contributed by atoms with Crippen LogP contribution in [0.5, 0.6) is 5.75 Å². The van der Waals surface area contributed by atoms with E-state index in [1.165, 1.54) is 69.9 Å². The van der Waals surface area contributed by atoms with E-state index in [0.29, 0.717) is 17.9 Å². The van der Waals surface area contributed by atoms with Crippen LogP contribution in [-0.2, 0) is 14.8 Å². The smallest absolute Gasteiger partial charge is 0.269 e. The van der Waals surface area contributed by atoms with Gasteiger partial charge in [-0.05, 0) is 30.7 Å². The Morgan fingerprint density at radius 3 is 2.11 bits per heavy atom. The van der Waals surface area contributed by atoms with Gasteiger partial charge in [0.15, 0.2) is 0 Å². The number of benzene rings is 2. The minimum atomic E-state index is -3.96. The summed E-state index contributed by atoms with van der Waals surface area (Å²) in [5, 5.41) is 13.6. The van der Waals surface area contributed by atoms with Crippen LogP contribution in [0.1, 0.15) is 71.1 Å². The lowest BCUT2D eigenvalue weighted by atomic mass is 10.1. The van der Waals surface area contributed by atoms with E-state index in [-0.39, 0.29) is 22.2 Å². The van der Waals surface area contributed by atoms with Crippen LogP contribution in [0.4, 0.5) is 17.1 Å². The average Bonchev–Trinajstić information content (AvgIpc) is 2.83. The summed E-state index contributed by atoms with van der Waals surface area (Å²) in [4.78, 5) is 22.4. The molecule has 35 heavy (non-hydrogen) atoms. The van der Waals surface area contributed by atoms with Gasteiger partial charge < -0.3 is 10.1 Å². The summed E-state index contributed by atoms with van der Waals surface area (Å²) in [6.45, 7) is 2.21. The van der Waals surface area contributed by atoms with Crippen LogP contribution in [0.2, 0.25) is 0 Å². The second-order valence-electron chi connectivity index (χ2n) is 8.40. The Morgan fingerprint density at radius 1 is 0.943 bits per heavy atom. The zero-order valence-electron chi connectivity index (χ0n) is 20.4. The zero-order valence-corrected chi connectivity index (χ0v) is 21.2. The van der Waals surface area contributed by atoms with Gasteiger partial charge in [-0.15, -0.1) is 0 Å². The lowest BCUT2D eigenvalue weighted by Crippen LogP contribution is -2.14. The molecule has 10 heteroatoms. The molecule has 0 aliphatic carbocycles. The Morgan fingerprint density at radius 2 is 1.54 bits per heavy atom. The van der Waals surface area contributed by atoms with Crippen molar-refractivity contribution in [3.8, 4) is 5.75 Å². The van der Waals surface area contributed by atoms with E-state index in [9.17, 15) is 23.3 Å². The summed E-state index contributed by atoms with van der Waals surface area (Å²) in [5.74, 6) is 0.194. The molecule has 0 bridgehead atoms. The quantitative estimate of drug-likeness (QED) is 0.157. The molecule has 0 saturated heterocycles. The largest absolute Gasteiger partial charge is 0.494 e. The number of sulfonamides is 1. The topological polar surface area (TPSA) is 128 Å². The molecule has 2 N–H and O–H groups in total. The van der Waals surface area contributed by atoms with Gasteiger partial charge in [0.25, 0.3) is 15.7 Å². The van der Waals surface area contributed by atoms with Crippen molar-refractivity contribution >= 4 is 33.0 Å². The van der Waals surface area contributed by atoms with Crippen molar-refractivity contribution in [2.45, 2.75) is 76.0 Å². The minimum absolute atomic E-state index is 0.111. The fourth-order valence-electron chi connectivity index (χ4n) is 3.63. The first-order valence-electron chi connectivity index (χ1n) is 12.0. The highest BCUT2D eigenvalue weighted by atomic mass is 32.2. The Labute approximate surface area is 207 Å². The summed E-state index contributed by atoms with van der Waals surface area (Å²) < 4.78 is 33.0. The van der Waals surface area contributed by atoms with Gasteiger partial charge in [-0.1, -0.05) is 58.3 Å². The van der Waals surface area contributed by atoms with Crippen molar-refractivity contribution in [2.75, 3.05) is 17.1 Å². The monoisotopic (exact) mass is 505 g/mol. The molecule has 0 fully saturated rings. The number of carbonyl (C=O) groups is 1. The van der Waals surface area contributed by atoms with Crippen LogP contribution < -0.4 is 14.8 Å². The normalized spacial score (nSPS) is 11.1. The number of carbonyl (C=O) groups excluding carboxylic acids is 1. The number of anilines is 2. The maximum absolute atomic E-state index is 12.6. The highest BCUT2D eigenvalue weighted by Crippen LogP contribution is 2.29.